The first-order valence-electron chi connectivity index (χ1n) is 9.77. The van der Waals surface area contributed by atoms with Crippen LogP contribution in [0.15, 0.2) is 36.5 Å². The van der Waals surface area contributed by atoms with E-state index in [2.05, 4.69) is 5.32 Å². The number of methoxy groups -OCH3 is 1. The number of ketones is 1. The molecule has 1 fully saturated rings. The summed E-state index contributed by atoms with van der Waals surface area (Å²) < 4.78 is 6.99. The lowest BCUT2D eigenvalue weighted by atomic mass is 10.0. The molecule has 1 aromatic heterocycles. The Balaban J connectivity index is 1.53. The molecule has 2 heterocycles. The number of carbonyl (C=O) groups excluding carboxylic acids is 3. The minimum atomic E-state index is -0.196. The first-order chi connectivity index (χ1) is 13.9. The van der Waals surface area contributed by atoms with Crippen LogP contribution in [0.1, 0.15) is 46.2 Å². The van der Waals surface area contributed by atoms with Gasteiger partial charge >= 0.3 is 0 Å². The highest BCUT2D eigenvalue weighted by Crippen LogP contribution is 2.20. The lowest BCUT2D eigenvalue weighted by Gasteiger charge is -2.32. The van der Waals surface area contributed by atoms with Crippen LogP contribution >= 0.6 is 0 Å². The van der Waals surface area contributed by atoms with Crippen molar-refractivity contribution in [2.45, 2.75) is 32.2 Å². The van der Waals surface area contributed by atoms with E-state index in [1.165, 1.54) is 6.92 Å². The van der Waals surface area contributed by atoms with E-state index >= 15 is 0 Å². The van der Waals surface area contributed by atoms with Crippen LogP contribution in [0.3, 0.4) is 0 Å². The molecule has 0 atom stereocenters. The highest BCUT2D eigenvalue weighted by atomic mass is 16.5. The highest BCUT2D eigenvalue weighted by molar-refractivity contribution is 5.99. The molecular formula is C22H27N3O4. The standard InChI is InChI=1S/C22H27N3O4/c1-15(26)17-12-19(24(2)14-17)22(28)23-18-8-10-25(11-9-18)21(27)13-16-6-4-5-7-20(16)29-3/h4-7,12,14,18H,8-11,13H2,1-3H3,(H,23,28). The fraction of sp³-hybridized carbons (Fsp3) is 0.409. The summed E-state index contributed by atoms with van der Waals surface area (Å²) >= 11 is 0. The van der Waals surface area contributed by atoms with Crippen molar-refractivity contribution in [3.8, 4) is 5.75 Å². The number of aryl methyl sites for hydroxylation is 1. The van der Waals surface area contributed by atoms with Gasteiger partial charge in [-0.15, -0.1) is 0 Å². The van der Waals surface area contributed by atoms with E-state index in [4.69, 9.17) is 4.74 Å². The van der Waals surface area contributed by atoms with E-state index < -0.39 is 0 Å². The van der Waals surface area contributed by atoms with Crippen molar-refractivity contribution in [1.82, 2.24) is 14.8 Å². The molecule has 7 heteroatoms. The minimum Gasteiger partial charge on any atom is -0.496 e. The molecule has 0 bridgehead atoms. The Bertz CT molecular complexity index is 911. The molecule has 1 aliphatic rings. The Morgan fingerprint density at radius 2 is 1.86 bits per heavy atom. The SMILES string of the molecule is COc1ccccc1CC(=O)N1CCC(NC(=O)c2cc(C(C)=O)cn2C)CC1. The van der Waals surface area contributed by atoms with E-state index in [0.29, 0.717) is 43.6 Å². The van der Waals surface area contributed by atoms with E-state index in [9.17, 15) is 14.4 Å². The van der Waals surface area contributed by atoms with Gasteiger partial charge in [0.25, 0.3) is 5.91 Å². The van der Waals surface area contributed by atoms with Crippen LogP contribution in [0.5, 0.6) is 5.75 Å². The van der Waals surface area contributed by atoms with Gasteiger partial charge in [0.05, 0.1) is 13.5 Å². The third-order valence-electron chi connectivity index (χ3n) is 5.36. The monoisotopic (exact) mass is 397 g/mol. The number of amides is 2. The second kappa shape index (κ2) is 8.94. The van der Waals surface area contributed by atoms with E-state index in [-0.39, 0.29) is 23.6 Å². The molecule has 29 heavy (non-hydrogen) atoms. The lowest BCUT2D eigenvalue weighted by molar-refractivity contribution is -0.131. The van der Waals surface area contributed by atoms with Crippen molar-refractivity contribution in [3.63, 3.8) is 0 Å². The number of hydrogen-bond donors (Lipinski definition) is 1. The van der Waals surface area contributed by atoms with Gasteiger partial charge in [0.1, 0.15) is 11.4 Å². The van der Waals surface area contributed by atoms with Crippen LogP contribution in [-0.4, -0.2) is 53.3 Å². The van der Waals surface area contributed by atoms with Crippen molar-refractivity contribution < 1.29 is 19.1 Å². The normalized spacial score (nSPS) is 14.5. The molecular weight excluding hydrogens is 370 g/mol. The second-order valence-corrected chi connectivity index (χ2v) is 7.40. The number of carbonyl (C=O) groups is 3. The Hall–Kier alpha value is -3.09. The van der Waals surface area contributed by atoms with Gasteiger partial charge in [0.15, 0.2) is 5.78 Å². The zero-order chi connectivity index (χ0) is 21.0. The van der Waals surface area contributed by atoms with E-state index in [0.717, 1.165) is 11.3 Å². The van der Waals surface area contributed by atoms with Crippen molar-refractivity contribution >= 4 is 17.6 Å². The lowest BCUT2D eigenvalue weighted by Crippen LogP contribution is -2.47. The van der Waals surface area contributed by atoms with Crippen LogP contribution in [0.25, 0.3) is 0 Å². The van der Waals surface area contributed by atoms with Gasteiger partial charge in [-0.2, -0.15) is 0 Å². The largest absolute Gasteiger partial charge is 0.496 e. The summed E-state index contributed by atoms with van der Waals surface area (Å²) in [5.74, 6) is 0.517. The maximum absolute atomic E-state index is 12.6. The first-order valence-corrected chi connectivity index (χ1v) is 9.77. The van der Waals surface area contributed by atoms with Crippen molar-refractivity contribution in [2.24, 2.45) is 7.05 Å². The molecule has 154 valence electrons. The molecule has 1 N–H and O–H groups in total. The predicted octanol–water partition coefficient (Wildman–Crippen LogP) is 2.20. The summed E-state index contributed by atoms with van der Waals surface area (Å²) in [5.41, 5.74) is 1.86. The fourth-order valence-electron chi connectivity index (χ4n) is 3.64. The molecule has 2 aromatic rings. The number of nitrogens with one attached hydrogen (secondary N) is 1. The Morgan fingerprint density at radius 1 is 1.17 bits per heavy atom. The molecule has 0 spiro atoms. The first kappa shape index (κ1) is 20.6. The van der Waals surface area contributed by atoms with Crippen molar-refractivity contribution in [3.05, 3.63) is 53.3 Å². The molecule has 0 saturated carbocycles. The van der Waals surface area contributed by atoms with Crippen LogP contribution in [0, 0.1) is 0 Å². The number of Topliss-reactive ketones (excluding diaryl/α,β-unsaturated/α-hetero) is 1. The van der Waals surface area contributed by atoms with Crippen LogP contribution in [0.2, 0.25) is 0 Å². The predicted molar refractivity (Wildman–Crippen MR) is 109 cm³/mol. The molecule has 0 unspecified atom stereocenters. The van der Waals surface area contributed by atoms with Gasteiger partial charge in [-0.25, -0.2) is 0 Å². The number of piperidine rings is 1. The van der Waals surface area contributed by atoms with Gasteiger partial charge in [-0.05, 0) is 31.9 Å². The van der Waals surface area contributed by atoms with Gasteiger partial charge < -0.3 is 19.5 Å². The third kappa shape index (κ3) is 4.85. The van der Waals surface area contributed by atoms with Crippen LogP contribution < -0.4 is 10.1 Å². The van der Waals surface area contributed by atoms with Gasteiger partial charge in [-0.3, -0.25) is 14.4 Å². The number of rotatable bonds is 6. The second-order valence-electron chi connectivity index (χ2n) is 7.40. The zero-order valence-electron chi connectivity index (χ0n) is 17.1. The van der Waals surface area contributed by atoms with Gasteiger partial charge in [0.2, 0.25) is 5.91 Å². The van der Waals surface area contributed by atoms with Crippen molar-refractivity contribution in [2.75, 3.05) is 20.2 Å². The highest BCUT2D eigenvalue weighted by Gasteiger charge is 2.25. The summed E-state index contributed by atoms with van der Waals surface area (Å²) in [5, 5.41) is 3.03. The molecule has 0 aliphatic carbocycles. The molecule has 1 aromatic carbocycles. The summed E-state index contributed by atoms with van der Waals surface area (Å²) in [4.78, 5) is 38.5. The number of hydrogen-bond acceptors (Lipinski definition) is 4. The number of aromatic nitrogens is 1. The van der Waals surface area contributed by atoms with E-state index in [1.807, 2.05) is 29.2 Å². The minimum absolute atomic E-state index is 0.00786. The maximum Gasteiger partial charge on any atom is 0.268 e. The molecule has 7 nitrogen and oxygen atoms in total. The molecule has 2 amide bonds. The van der Waals surface area contributed by atoms with Gasteiger partial charge in [0, 0.05) is 43.5 Å². The fourth-order valence-corrected chi connectivity index (χ4v) is 3.64. The number of benzene rings is 1. The maximum atomic E-state index is 12.6. The summed E-state index contributed by atoms with van der Waals surface area (Å²) in [6.07, 6.45) is 3.37. The van der Waals surface area contributed by atoms with Gasteiger partial charge in [-0.1, -0.05) is 18.2 Å². The summed E-state index contributed by atoms with van der Waals surface area (Å²) in [7, 11) is 3.35. The Kier molecular flexibility index (Phi) is 6.36. The van der Waals surface area contributed by atoms with Crippen LogP contribution in [-0.2, 0) is 18.3 Å². The molecule has 1 aliphatic heterocycles. The smallest absolute Gasteiger partial charge is 0.268 e. The average molecular weight is 397 g/mol. The summed E-state index contributed by atoms with van der Waals surface area (Å²) in [6.45, 7) is 2.68. The third-order valence-corrected chi connectivity index (χ3v) is 5.36. The quantitative estimate of drug-likeness (QED) is 0.758. The molecule has 3 rings (SSSR count). The van der Waals surface area contributed by atoms with Crippen LogP contribution in [0.4, 0.5) is 0 Å². The number of nitrogens with zero attached hydrogens (tertiary/aromatic N) is 2. The number of likely N-dealkylation sites (tertiary alicyclic amines) is 1. The van der Waals surface area contributed by atoms with Crippen molar-refractivity contribution in [1.29, 1.82) is 0 Å². The number of ether oxygens (including phenoxy) is 1. The topological polar surface area (TPSA) is 80.6 Å². The Morgan fingerprint density at radius 3 is 2.48 bits per heavy atom. The summed E-state index contributed by atoms with van der Waals surface area (Å²) in [6, 6.07) is 9.16. The van der Waals surface area contributed by atoms with E-state index in [1.54, 1.807) is 31.0 Å². The molecule has 1 saturated heterocycles. The number of para-hydroxylation sites is 1. The Labute approximate surface area is 170 Å². The average Bonchev–Trinajstić information content (AvgIpc) is 3.11. The zero-order valence-corrected chi connectivity index (χ0v) is 17.1. The molecule has 0 radical (unpaired) electrons.